The van der Waals surface area contributed by atoms with Crippen LogP contribution in [-0.4, -0.2) is 37.4 Å². The first-order valence-electron chi connectivity index (χ1n) is 5.04. The summed E-state index contributed by atoms with van der Waals surface area (Å²) in [7, 11) is 0. The largest absolute Gasteiger partial charge is 0.462 e. The number of carbonyl (C=O) groups excluding carboxylic acids is 1. The Hall–Kier alpha value is -0.610. The van der Waals surface area contributed by atoms with E-state index in [2.05, 4.69) is 12.2 Å². The van der Waals surface area contributed by atoms with Gasteiger partial charge in [-0.3, -0.25) is 10.1 Å². The fraction of sp³-hybridized carbons (Fsp3) is 0.900. The summed E-state index contributed by atoms with van der Waals surface area (Å²) in [6.07, 6.45) is 0.902. The van der Waals surface area contributed by atoms with Crippen molar-refractivity contribution < 1.29 is 14.3 Å². The zero-order chi connectivity index (χ0) is 10.6. The minimum absolute atomic E-state index is 0.0445. The van der Waals surface area contributed by atoms with E-state index in [-0.39, 0.29) is 24.2 Å². The highest BCUT2D eigenvalue weighted by Crippen LogP contribution is 2.16. The van der Waals surface area contributed by atoms with Gasteiger partial charge in [-0.1, -0.05) is 0 Å². The lowest BCUT2D eigenvalue weighted by Crippen LogP contribution is -2.45. The molecule has 1 aliphatic rings. The second-order valence-corrected chi connectivity index (χ2v) is 4.26. The summed E-state index contributed by atoms with van der Waals surface area (Å²) < 4.78 is 10.3. The molecule has 4 nitrogen and oxygen atoms in total. The molecule has 0 saturated carbocycles. The molecule has 1 fully saturated rings. The van der Waals surface area contributed by atoms with Crippen molar-refractivity contribution in [3.8, 4) is 0 Å². The van der Waals surface area contributed by atoms with Crippen LogP contribution in [0.5, 0.6) is 0 Å². The number of hydrogen-bond acceptors (Lipinski definition) is 4. The first kappa shape index (κ1) is 11.5. The molecule has 1 aliphatic heterocycles. The highest BCUT2D eigenvalue weighted by Gasteiger charge is 2.29. The Morgan fingerprint density at radius 2 is 2.36 bits per heavy atom. The van der Waals surface area contributed by atoms with Gasteiger partial charge in [0, 0.05) is 12.1 Å². The lowest BCUT2D eigenvalue weighted by atomic mass is 10.0. The van der Waals surface area contributed by atoms with Crippen LogP contribution in [0, 0.1) is 0 Å². The third-order valence-corrected chi connectivity index (χ3v) is 2.25. The van der Waals surface area contributed by atoms with Crippen molar-refractivity contribution in [3.63, 3.8) is 0 Å². The van der Waals surface area contributed by atoms with Crippen LogP contribution in [0.15, 0.2) is 0 Å². The SMILES string of the molecule is CC(C)OC(=O)CNC1(C)CCOC1. The van der Waals surface area contributed by atoms with Crippen LogP contribution < -0.4 is 5.32 Å². The minimum Gasteiger partial charge on any atom is -0.462 e. The molecular weight excluding hydrogens is 182 g/mol. The fourth-order valence-electron chi connectivity index (χ4n) is 1.40. The van der Waals surface area contributed by atoms with Gasteiger partial charge >= 0.3 is 5.97 Å². The van der Waals surface area contributed by atoms with Gasteiger partial charge in [-0.2, -0.15) is 0 Å². The zero-order valence-electron chi connectivity index (χ0n) is 9.13. The smallest absolute Gasteiger partial charge is 0.320 e. The highest BCUT2D eigenvalue weighted by molar-refractivity contribution is 5.71. The Morgan fingerprint density at radius 1 is 1.64 bits per heavy atom. The maximum Gasteiger partial charge on any atom is 0.320 e. The van der Waals surface area contributed by atoms with Crippen molar-refractivity contribution >= 4 is 5.97 Å². The van der Waals surface area contributed by atoms with Crippen molar-refractivity contribution in [2.45, 2.75) is 38.8 Å². The molecule has 1 saturated heterocycles. The predicted molar refractivity (Wildman–Crippen MR) is 53.1 cm³/mol. The van der Waals surface area contributed by atoms with Crippen LogP contribution in [0.2, 0.25) is 0 Å². The van der Waals surface area contributed by atoms with Gasteiger partial charge < -0.3 is 9.47 Å². The Bertz CT molecular complexity index is 198. The monoisotopic (exact) mass is 201 g/mol. The molecule has 0 aliphatic carbocycles. The van der Waals surface area contributed by atoms with Gasteiger partial charge in [-0.25, -0.2) is 0 Å². The van der Waals surface area contributed by atoms with Crippen LogP contribution in [-0.2, 0) is 14.3 Å². The molecule has 1 rings (SSSR count). The van der Waals surface area contributed by atoms with Gasteiger partial charge in [-0.15, -0.1) is 0 Å². The first-order valence-corrected chi connectivity index (χ1v) is 5.04. The van der Waals surface area contributed by atoms with Gasteiger partial charge in [0.2, 0.25) is 0 Å². The second kappa shape index (κ2) is 4.75. The van der Waals surface area contributed by atoms with E-state index in [9.17, 15) is 4.79 Å². The van der Waals surface area contributed by atoms with E-state index < -0.39 is 0 Å². The van der Waals surface area contributed by atoms with Crippen LogP contribution in [0.4, 0.5) is 0 Å². The molecule has 0 radical (unpaired) electrons. The van der Waals surface area contributed by atoms with Gasteiger partial charge in [0.25, 0.3) is 0 Å². The lowest BCUT2D eigenvalue weighted by molar-refractivity contribution is -0.146. The molecule has 0 amide bonds. The van der Waals surface area contributed by atoms with Crippen LogP contribution in [0.25, 0.3) is 0 Å². The lowest BCUT2D eigenvalue weighted by Gasteiger charge is -2.23. The maximum atomic E-state index is 11.2. The van der Waals surface area contributed by atoms with Crippen molar-refractivity contribution in [1.29, 1.82) is 0 Å². The normalized spacial score (nSPS) is 26.9. The first-order chi connectivity index (χ1) is 6.52. The average Bonchev–Trinajstić information content (AvgIpc) is 2.49. The van der Waals surface area contributed by atoms with Crippen molar-refractivity contribution in [2.24, 2.45) is 0 Å². The van der Waals surface area contributed by atoms with E-state index in [0.717, 1.165) is 13.0 Å². The number of rotatable bonds is 4. The molecule has 0 bridgehead atoms. The topological polar surface area (TPSA) is 47.6 Å². The van der Waals surface area contributed by atoms with Crippen LogP contribution in [0.1, 0.15) is 27.2 Å². The molecule has 4 heteroatoms. The molecule has 1 N–H and O–H groups in total. The quantitative estimate of drug-likeness (QED) is 0.680. The number of hydrogen-bond donors (Lipinski definition) is 1. The van der Waals surface area contributed by atoms with E-state index in [0.29, 0.717) is 6.61 Å². The Labute approximate surface area is 85.0 Å². The Kier molecular flexibility index (Phi) is 3.89. The molecule has 0 aromatic heterocycles. The summed E-state index contributed by atoms with van der Waals surface area (Å²) in [5.41, 5.74) is -0.0595. The molecule has 82 valence electrons. The molecule has 1 heterocycles. The van der Waals surface area contributed by atoms with Gasteiger partial charge in [0.15, 0.2) is 0 Å². The van der Waals surface area contributed by atoms with E-state index in [1.54, 1.807) is 0 Å². The molecule has 14 heavy (non-hydrogen) atoms. The minimum atomic E-state index is -0.201. The van der Waals surface area contributed by atoms with E-state index in [1.165, 1.54) is 0 Å². The maximum absolute atomic E-state index is 11.2. The van der Waals surface area contributed by atoms with Gasteiger partial charge in [0.1, 0.15) is 0 Å². The summed E-state index contributed by atoms with van der Waals surface area (Å²) in [6.45, 7) is 7.45. The third-order valence-electron chi connectivity index (χ3n) is 2.25. The molecule has 1 unspecified atom stereocenters. The standard InChI is InChI=1S/C10H19NO3/c1-8(2)14-9(12)6-11-10(3)4-5-13-7-10/h8,11H,4-7H2,1-3H3. The van der Waals surface area contributed by atoms with E-state index in [4.69, 9.17) is 9.47 Å². The van der Waals surface area contributed by atoms with Crippen LogP contribution in [0.3, 0.4) is 0 Å². The number of ether oxygens (including phenoxy) is 2. The third kappa shape index (κ3) is 3.64. The van der Waals surface area contributed by atoms with E-state index in [1.807, 2.05) is 13.8 Å². The molecule has 0 aromatic rings. The zero-order valence-corrected chi connectivity index (χ0v) is 9.13. The number of carbonyl (C=O) groups is 1. The summed E-state index contributed by atoms with van der Waals surface area (Å²) in [5, 5.41) is 3.16. The van der Waals surface area contributed by atoms with E-state index >= 15 is 0 Å². The summed E-state index contributed by atoms with van der Waals surface area (Å²) in [5.74, 6) is -0.201. The number of esters is 1. The summed E-state index contributed by atoms with van der Waals surface area (Å²) >= 11 is 0. The molecule has 1 atom stereocenters. The van der Waals surface area contributed by atoms with Gasteiger partial charge in [-0.05, 0) is 27.2 Å². The average molecular weight is 201 g/mol. The summed E-state index contributed by atoms with van der Waals surface area (Å²) in [6, 6.07) is 0. The fourth-order valence-corrected chi connectivity index (χ4v) is 1.40. The molecule has 0 spiro atoms. The predicted octanol–water partition coefficient (Wildman–Crippen LogP) is 0.707. The molecule has 0 aromatic carbocycles. The number of nitrogens with one attached hydrogen (secondary N) is 1. The van der Waals surface area contributed by atoms with Crippen molar-refractivity contribution in [3.05, 3.63) is 0 Å². The molecular formula is C10H19NO3. The Morgan fingerprint density at radius 3 is 2.86 bits per heavy atom. The second-order valence-electron chi connectivity index (χ2n) is 4.26. The summed E-state index contributed by atoms with van der Waals surface area (Å²) in [4.78, 5) is 11.2. The Balaban J connectivity index is 2.22. The van der Waals surface area contributed by atoms with Gasteiger partial charge in [0.05, 0.1) is 19.3 Å². The van der Waals surface area contributed by atoms with Crippen molar-refractivity contribution in [1.82, 2.24) is 5.32 Å². The van der Waals surface area contributed by atoms with Crippen molar-refractivity contribution in [2.75, 3.05) is 19.8 Å². The van der Waals surface area contributed by atoms with Crippen LogP contribution >= 0.6 is 0 Å². The highest BCUT2D eigenvalue weighted by atomic mass is 16.5.